The van der Waals surface area contributed by atoms with Crippen LogP contribution in [0.2, 0.25) is 0 Å². The Bertz CT molecular complexity index is 401. The largest absolute Gasteiger partial charge is 0.341 e. The van der Waals surface area contributed by atoms with Crippen molar-refractivity contribution in [2.75, 3.05) is 18.5 Å². The van der Waals surface area contributed by atoms with E-state index in [1.54, 1.807) is 7.05 Å². The van der Waals surface area contributed by atoms with Crippen molar-refractivity contribution < 1.29 is 4.79 Å². The summed E-state index contributed by atoms with van der Waals surface area (Å²) in [5, 5.41) is 2.70. The van der Waals surface area contributed by atoms with Gasteiger partial charge in [-0.1, -0.05) is 17.7 Å². The van der Waals surface area contributed by atoms with Gasteiger partial charge in [0.1, 0.15) is 0 Å². The van der Waals surface area contributed by atoms with Crippen molar-refractivity contribution in [1.82, 2.24) is 5.32 Å². The number of hydrogen-bond donors (Lipinski definition) is 1. The number of amides is 2. The van der Waals surface area contributed by atoms with Gasteiger partial charge in [0.15, 0.2) is 0 Å². The minimum Gasteiger partial charge on any atom is -0.341 e. The summed E-state index contributed by atoms with van der Waals surface area (Å²) in [5.74, 6) is 0. The molecule has 0 unspecified atom stereocenters. The van der Waals surface area contributed by atoms with Crippen LogP contribution in [0, 0.1) is 6.92 Å². The van der Waals surface area contributed by atoms with Gasteiger partial charge in [0, 0.05) is 19.3 Å². The first-order chi connectivity index (χ1) is 7.72. The van der Waals surface area contributed by atoms with Crippen molar-refractivity contribution in [2.45, 2.75) is 26.2 Å². The van der Waals surface area contributed by atoms with Gasteiger partial charge in [0.25, 0.3) is 0 Å². The number of rotatable bonds is 0. The molecule has 86 valence electrons. The zero-order valence-corrected chi connectivity index (χ0v) is 9.92. The molecule has 1 aromatic rings. The molecule has 0 saturated carbocycles. The maximum atomic E-state index is 11.8. The maximum Gasteiger partial charge on any atom is 0.321 e. The molecule has 0 saturated heterocycles. The number of carbonyl (C=O) groups excluding carboxylic acids is 1. The summed E-state index contributed by atoms with van der Waals surface area (Å²) < 4.78 is 0. The minimum atomic E-state index is -0.00740. The summed E-state index contributed by atoms with van der Waals surface area (Å²) in [6.45, 7) is 2.91. The second-order valence-corrected chi connectivity index (χ2v) is 4.30. The highest BCUT2D eigenvalue weighted by atomic mass is 16.2. The highest BCUT2D eigenvalue weighted by Gasteiger charge is 2.19. The summed E-state index contributed by atoms with van der Waals surface area (Å²) >= 11 is 0. The molecule has 0 radical (unpaired) electrons. The van der Waals surface area contributed by atoms with E-state index in [9.17, 15) is 4.79 Å². The van der Waals surface area contributed by atoms with Crippen molar-refractivity contribution in [2.24, 2.45) is 0 Å². The normalized spacial score (nSPS) is 15.2. The Morgan fingerprint density at radius 2 is 2.19 bits per heavy atom. The molecule has 0 aliphatic carbocycles. The van der Waals surface area contributed by atoms with E-state index in [0.29, 0.717) is 0 Å². The van der Waals surface area contributed by atoms with Crippen LogP contribution in [0.5, 0.6) is 0 Å². The van der Waals surface area contributed by atoms with E-state index in [4.69, 9.17) is 0 Å². The summed E-state index contributed by atoms with van der Waals surface area (Å²) in [7, 11) is 1.68. The van der Waals surface area contributed by atoms with Crippen LogP contribution in [0.3, 0.4) is 0 Å². The van der Waals surface area contributed by atoms with Crippen LogP contribution < -0.4 is 10.2 Å². The summed E-state index contributed by atoms with van der Waals surface area (Å²) in [6, 6.07) is 6.31. The molecule has 1 aliphatic rings. The zero-order valence-electron chi connectivity index (χ0n) is 9.92. The number of aryl methyl sites for hydroxylation is 2. The maximum absolute atomic E-state index is 11.8. The van der Waals surface area contributed by atoms with Gasteiger partial charge in [-0.15, -0.1) is 0 Å². The monoisotopic (exact) mass is 218 g/mol. The fourth-order valence-corrected chi connectivity index (χ4v) is 2.23. The van der Waals surface area contributed by atoms with Crippen molar-refractivity contribution >= 4 is 11.7 Å². The number of nitrogens with zero attached hydrogens (tertiary/aromatic N) is 1. The van der Waals surface area contributed by atoms with Crippen LogP contribution in [-0.4, -0.2) is 19.6 Å². The number of hydrogen-bond acceptors (Lipinski definition) is 1. The lowest BCUT2D eigenvalue weighted by molar-refractivity contribution is 0.248. The molecule has 0 atom stereocenters. The Morgan fingerprint density at radius 1 is 1.38 bits per heavy atom. The van der Waals surface area contributed by atoms with Crippen LogP contribution in [0.15, 0.2) is 18.2 Å². The van der Waals surface area contributed by atoms with Gasteiger partial charge in [0.05, 0.1) is 0 Å². The zero-order chi connectivity index (χ0) is 11.5. The minimum absolute atomic E-state index is 0.00740. The second-order valence-electron chi connectivity index (χ2n) is 4.30. The molecule has 1 heterocycles. The quantitative estimate of drug-likeness (QED) is 0.713. The second kappa shape index (κ2) is 4.56. The fraction of sp³-hybridized carbons (Fsp3) is 0.462. The standard InChI is InChI=1S/C13H18N2O/c1-10-6-7-12-11(9-10)5-3-4-8-15(12)13(16)14-2/h6-7,9H,3-5,8H2,1-2H3,(H,14,16). The molecule has 2 amide bonds. The number of carbonyl (C=O) groups is 1. The third-order valence-corrected chi connectivity index (χ3v) is 3.06. The van der Waals surface area contributed by atoms with E-state index in [1.807, 2.05) is 4.90 Å². The topological polar surface area (TPSA) is 32.3 Å². The summed E-state index contributed by atoms with van der Waals surface area (Å²) in [4.78, 5) is 13.6. The van der Waals surface area contributed by atoms with E-state index < -0.39 is 0 Å². The number of benzene rings is 1. The van der Waals surface area contributed by atoms with E-state index in [1.165, 1.54) is 11.1 Å². The third kappa shape index (κ3) is 2.03. The van der Waals surface area contributed by atoms with Gasteiger partial charge in [-0.05, 0) is 37.8 Å². The molecular formula is C13H18N2O. The predicted octanol–water partition coefficient (Wildman–Crippen LogP) is 2.48. The number of nitrogens with one attached hydrogen (secondary N) is 1. The van der Waals surface area contributed by atoms with Gasteiger partial charge in [-0.25, -0.2) is 4.79 Å². The molecule has 1 aliphatic heterocycles. The molecule has 0 bridgehead atoms. The Labute approximate surface area is 96.5 Å². The lowest BCUT2D eigenvalue weighted by Crippen LogP contribution is -2.38. The average molecular weight is 218 g/mol. The molecule has 0 fully saturated rings. The van der Waals surface area contributed by atoms with Crippen LogP contribution in [0.4, 0.5) is 10.5 Å². The predicted molar refractivity (Wildman–Crippen MR) is 65.9 cm³/mol. The van der Waals surface area contributed by atoms with Crippen molar-refractivity contribution in [1.29, 1.82) is 0 Å². The van der Waals surface area contributed by atoms with Crippen LogP contribution >= 0.6 is 0 Å². The highest BCUT2D eigenvalue weighted by molar-refractivity contribution is 5.92. The van der Waals surface area contributed by atoms with Gasteiger partial charge >= 0.3 is 6.03 Å². The Balaban J connectivity index is 2.40. The number of anilines is 1. The SMILES string of the molecule is CNC(=O)N1CCCCc2cc(C)ccc21. The van der Waals surface area contributed by atoms with E-state index in [2.05, 4.69) is 30.4 Å². The Morgan fingerprint density at radius 3 is 2.94 bits per heavy atom. The van der Waals surface area contributed by atoms with Crippen LogP contribution in [-0.2, 0) is 6.42 Å². The average Bonchev–Trinajstić information content (AvgIpc) is 2.49. The molecule has 1 aromatic carbocycles. The first-order valence-electron chi connectivity index (χ1n) is 5.81. The fourth-order valence-electron chi connectivity index (χ4n) is 2.23. The summed E-state index contributed by atoms with van der Waals surface area (Å²) in [5.41, 5.74) is 3.63. The molecule has 3 heteroatoms. The Hall–Kier alpha value is -1.51. The molecule has 0 aromatic heterocycles. The lowest BCUT2D eigenvalue weighted by atomic mass is 10.1. The smallest absolute Gasteiger partial charge is 0.321 e. The van der Waals surface area contributed by atoms with Gasteiger partial charge in [-0.2, -0.15) is 0 Å². The van der Waals surface area contributed by atoms with Gasteiger partial charge in [0.2, 0.25) is 0 Å². The molecule has 1 N–H and O–H groups in total. The molecule has 3 nitrogen and oxygen atoms in total. The van der Waals surface area contributed by atoms with Gasteiger partial charge < -0.3 is 5.32 Å². The van der Waals surface area contributed by atoms with Crippen LogP contribution in [0.25, 0.3) is 0 Å². The molecule has 16 heavy (non-hydrogen) atoms. The van der Waals surface area contributed by atoms with E-state index >= 15 is 0 Å². The highest BCUT2D eigenvalue weighted by Crippen LogP contribution is 2.27. The van der Waals surface area contributed by atoms with E-state index in [-0.39, 0.29) is 6.03 Å². The van der Waals surface area contributed by atoms with Crippen molar-refractivity contribution in [3.8, 4) is 0 Å². The lowest BCUT2D eigenvalue weighted by Gasteiger charge is -2.22. The van der Waals surface area contributed by atoms with Gasteiger partial charge in [-0.3, -0.25) is 4.90 Å². The first-order valence-corrected chi connectivity index (χ1v) is 5.81. The molecule has 0 spiro atoms. The first kappa shape index (κ1) is 11.0. The summed E-state index contributed by atoms with van der Waals surface area (Å²) in [6.07, 6.45) is 3.30. The van der Waals surface area contributed by atoms with E-state index in [0.717, 1.165) is 31.5 Å². The molecule has 2 rings (SSSR count). The number of fused-ring (bicyclic) bond motifs is 1. The molecular weight excluding hydrogens is 200 g/mol. The number of urea groups is 1. The van der Waals surface area contributed by atoms with Crippen molar-refractivity contribution in [3.05, 3.63) is 29.3 Å². The third-order valence-electron chi connectivity index (χ3n) is 3.06. The van der Waals surface area contributed by atoms with Crippen LogP contribution in [0.1, 0.15) is 24.0 Å². The van der Waals surface area contributed by atoms with Crippen molar-refractivity contribution in [3.63, 3.8) is 0 Å². The Kier molecular flexibility index (Phi) is 3.13.